The number of Topliss-reactive ketones (excluding diaryl/α,β-unsaturated/α-hetero) is 1. The highest BCUT2D eigenvalue weighted by atomic mass is 16.5. The van der Waals surface area contributed by atoms with Crippen LogP contribution in [0.4, 0.5) is 5.95 Å². The van der Waals surface area contributed by atoms with Crippen molar-refractivity contribution in [3.05, 3.63) is 94.6 Å². The molecule has 9 heteroatoms. The minimum absolute atomic E-state index is 0.0495. The van der Waals surface area contributed by atoms with Gasteiger partial charge in [0.05, 0.1) is 34.3 Å². The number of fused-ring (bicyclic) bond motifs is 1. The van der Waals surface area contributed by atoms with Crippen LogP contribution in [0.15, 0.2) is 72.3 Å². The maximum Gasteiger partial charge on any atom is 0.335 e. The van der Waals surface area contributed by atoms with E-state index in [1.54, 1.807) is 36.4 Å². The van der Waals surface area contributed by atoms with Crippen molar-refractivity contribution in [2.24, 2.45) is 0 Å². The predicted octanol–water partition coefficient (Wildman–Crippen LogP) is 4.98. The molecule has 1 aromatic heterocycles. The van der Waals surface area contributed by atoms with Gasteiger partial charge in [-0.15, -0.1) is 0 Å². The Hall–Kier alpha value is -4.92. The Labute approximate surface area is 218 Å². The zero-order valence-corrected chi connectivity index (χ0v) is 20.9. The standard InChI is InChI=1S/C29H25N3O6/c1-15(2)38-20-9-5-8-18(13-20)25(33)23-24(17-7-4-6-16(3)12-17)32(27(35)26(23)34)29-30-21-11-10-19(28(36)37)14-22(21)31-29/h4-15,24,33H,1-3H3,(H,30,31)(H,36,37)/b25-23+. The van der Waals surface area contributed by atoms with Gasteiger partial charge in [-0.3, -0.25) is 14.5 Å². The van der Waals surface area contributed by atoms with E-state index < -0.39 is 23.7 Å². The van der Waals surface area contributed by atoms with Crippen molar-refractivity contribution < 1.29 is 29.3 Å². The summed E-state index contributed by atoms with van der Waals surface area (Å²) < 4.78 is 5.74. The summed E-state index contributed by atoms with van der Waals surface area (Å²) in [7, 11) is 0. The molecule has 0 spiro atoms. The van der Waals surface area contributed by atoms with Crippen LogP contribution < -0.4 is 9.64 Å². The number of aromatic carboxylic acids is 1. The molecule has 1 aliphatic rings. The summed E-state index contributed by atoms with van der Waals surface area (Å²) in [4.78, 5) is 47.0. The van der Waals surface area contributed by atoms with Gasteiger partial charge in [0, 0.05) is 5.56 Å². The monoisotopic (exact) mass is 511 g/mol. The fourth-order valence-electron chi connectivity index (χ4n) is 4.59. The average molecular weight is 512 g/mol. The molecule has 1 amide bonds. The molecule has 1 unspecified atom stereocenters. The molecule has 1 saturated heterocycles. The van der Waals surface area contributed by atoms with Crippen LogP contribution in [0.2, 0.25) is 0 Å². The van der Waals surface area contributed by atoms with E-state index in [0.29, 0.717) is 27.9 Å². The lowest BCUT2D eigenvalue weighted by Crippen LogP contribution is -2.30. The number of aliphatic hydroxyl groups excluding tert-OH is 1. The van der Waals surface area contributed by atoms with Crippen LogP contribution in [0.5, 0.6) is 5.75 Å². The van der Waals surface area contributed by atoms with Gasteiger partial charge < -0.3 is 19.9 Å². The fraction of sp³-hybridized carbons (Fsp3) is 0.172. The number of imidazole rings is 1. The second-order valence-corrected chi connectivity index (χ2v) is 9.38. The number of ether oxygens (including phenoxy) is 1. The quantitative estimate of drug-likeness (QED) is 0.189. The van der Waals surface area contributed by atoms with E-state index in [2.05, 4.69) is 9.97 Å². The molecule has 9 nitrogen and oxygen atoms in total. The van der Waals surface area contributed by atoms with E-state index in [1.165, 1.54) is 23.1 Å². The Bertz CT molecular complexity index is 1630. The van der Waals surface area contributed by atoms with Crippen molar-refractivity contribution in [3.63, 3.8) is 0 Å². The lowest BCUT2D eigenvalue weighted by atomic mass is 9.94. The van der Waals surface area contributed by atoms with Gasteiger partial charge >= 0.3 is 11.9 Å². The zero-order chi connectivity index (χ0) is 27.1. The number of aromatic amines is 1. The third kappa shape index (κ3) is 4.39. The van der Waals surface area contributed by atoms with Crippen LogP contribution in [0.3, 0.4) is 0 Å². The molecule has 1 aliphatic heterocycles. The molecule has 5 rings (SSSR count). The number of anilines is 1. The second kappa shape index (κ2) is 9.51. The first-order chi connectivity index (χ1) is 18.1. The van der Waals surface area contributed by atoms with Gasteiger partial charge in [-0.2, -0.15) is 0 Å². The third-order valence-electron chi connectivity index (χ3n) is 6.23. The Morgan fingerprint density at radius 1 is 1.00 bits per heavy atom. The van der Waals surface area contributed by atoms with Crippen molar-refractivity contribution in [1.82, 2.24) is 9.97 Å². The van der Waals surface area contributed by atoms with E-state index in [1.807, 2.05) is 32.9 Å². The van der Waals surface area contributed by atoms with E-state index in [0.717, 1.165) is 5.56 Å². The van der Waals surface area contributed by atoms with Crippen LogP contribution in [0, 0.1) is 6.92 Å². The smallest absolute Gasteiger partial charge is 0.335 e. The highest BCUT2D eigenvalue weighted by Gasteiger charge is 2.48. The lowest BCUT2D eigenvalue weighted by Gasteiger charge is -2.23. The summed E-state index contributed by atoms with van der Waals surface area (Å²) in [6.45, 7) is 5.64. The van der Waals surface area contributed by atoms with Gasteiger partial charge in [0.15, 0.2) is 0 Å². The first-order valence-electron chi connectivity index (χ1n) is 12.0. The number of carboxylic acid groups (broad SMARTS) is 1. The number of hydrogen-bond acceptors (Lipinski definition) is 6. The molecular formula is C29H25N3O6. The summed E-state index contributed by atoms with van der Waals surface area (Å²) in [5, 5.41) is 20.7. The molecule has 3 N–H and O–H groups in total. The summed E-state index contributed by atoms with van der Waals surface area (Å²) in [6.07, 6.45) is -0.0972. The van der Waals surface area contributed by atoms with Crippen molar-refractivity contribution >= 4 is 40.4 Å². The van der Waals surface area contributed by atoms with E-state index in [4.69, 9.17) is 4.74 Å². The molecule has 0 saturated carbocycles. The summed E-state index contributed by atoms with van der Waals surface area (Å²) in [5.74, 6) is -2.60. The first kappa shape index (κ1) is 24.8. The van der Waals surface area contributed by atoms with E-state index in [9.17, 15) is 24.6 Å². The molecule has 192 valence electrons. The van der Waals surface area contributed by atoms with Crippen LogP contribution in [0.25, 0.3) is 16.8 Å². The largest absolute Gasteiger partial charge is 0.507 e. The number of carbonyl (C=O) groups excluding carboxylic acids is 2. The number of nitrogens with one attached hydrogen (secondary N) is 1. The maximum absolute atomic E-state index is 13.4. The minimum Gasteiger partial charge on any atom is -0.507 e. The molecule has 1 fully saturated rings. The summed E-state index contributed by atoms with van der Waals surface area (Å²) >= 11 is 0. The number of ketones is 1. The Balaban J connectivity index is 1.69. The van der Waals surface area contributed by atoms with Crippen LogP contribution >= 0.6 is 0 Å². The summed E-state index contributed by atoms with van der Waals surface area (Å²) in [5.41, 5.74) is 2.61. The number of nitrogens with zero attached hydrogens (tertiary/aromatic N) is 2. The number of rotatable bonds is 6. The number of amides is 1. The summed E-state index contributed by atoms with van der Waals surface area (Å²) in [6, 6.07) is 17.4. The van der Waals surface area contributed by atoms with Crippen LogP contribution in [0.1, 0.15) is 46.9 Å². The predicted molar refractivity (Wildman–Crippen MR) is 141 cm³/mol. The number of carboxylic acids is 1. The van der Waals surface area contributed by atoms with E-state index >= 15 is 0 Å². The van der Waals surface area contributed by atoms with Gasteiger partial charge in [0.25, 0.3) is 5.78 Å². The van der Waals surface area contributed by atoms with Gasteiger partial charge in [0.1, 0.15) is 11.5 Å². The van der Waals surface area contributed by atoms with Crippen molar-refractivity contribution in [2.45, 2.75) is 32.9 Å². The molecule has 2 heterocycles. The van der Waals surface area contributed by atoms with Crippen molar-refractivity contribution in [3.8, 4) is 5.75 Å². The SMILES string of the molecule is Cc1cccc(C2/C(=C(\O)c3cccc(OC(C)C)c3)C(=O)C(=O)N2c2nc3ccc(C(=O)O)cc3[nH]2)c1. The number of benzene rings is 3. The number of H-pyrrole nitrogens is 1. The van der Waals surface area contributed by atoms with Gasteiger partial charge in [-0.05, 0) is 56.7 Å². The first-order valence-corrected chi connectivity index (χ1v) is 12.0. The van der Waals surface area contributed by atoms with Crippen LogP contribution in [-0.2, 0) is 9.59 Å². The maximum atomic E-state index is 13.4. The van der Waals surface area contributed by atoms with Gasteiger partial charge in [-0.1, -0.05) is 42.0 Å². The average Bonchev–Trinajstić information content (AvgIpc) is 3.41. The topological polar surface area (TPSA) is 133 Å². The number of aryl methyl sites for hydroxylation is 1. The number of aliphatic hydroxyl groups is 1. The number of hydrogen-bond donors (Lipinski definition) is 3. The molecular weight excluding hydrogens is 486 g/mol. The van der Waals surface area contributed by atoms with Gasteiger partial charge in [-0.25, -0.2) is 9.78 Å². The molecule has 0 aliphatic carbocycles. The molecule has 0 bridgehead atoms. The lowest BCUT2D eigenvalue weighted by molar-refractivity contribution is -0.132. The Morgan fingerprint density at radius 2 is 1.76 bits per heavy atom. The normalized spacial score (nSPS) is 16.9. The zero-order valence-electron chi connectivity index (χ0n) is 20.9. The highest BCUT2D eigenvalue weighted by molar-refractivity contribution is 6.51. The Morgan fingerprint density at radius 3 is 2.47 bits per heavy atom. The molecule has 4 aromatic rings. The Kier molecular flexibility index (Phi) is 6.20. The fourth-order valence-corrected chi connectivity index (χ4v) is 4.59. The van der Waals surface area contributed by atoms with Crippen molar-refractivity contribution in [1.29, 1.82) is 0 Å². The molecule has 38 heavy (non-hydrogen) atoms. The van der Waals surface area contributed by atoms with Gasteiger partial charge in [0.2, 0.25) is 5.95 Å². The van der Waals surface area contributed by atoms with E-state index in [-0.39, 0.29) is 28.9 Å². The number of carbonyl (C=O) groups is 3. The minimum atomic E-state index is -1.10. The van der Waals surface area contributed by atoms with Crippen molar-refractivity contribution in [2.75, 3.05) is 4.90 Å². The van der Waals surface area contributed by atoms with Crippen LogP contribution in [-0.4, -0.2) is 43.9 Å². The second-order valence-electron chi connectivity index (χ2n) is 9.38. The number of aromatic nitrogens is 2. The third-order valence-corrected chi connectivity index (χ3v) is 6.23. The molecule has 1 atom stereocenters. The highest BCUT2D eigenvalue weighted by Crippen LogP contribution is 2.42. The molecule has 3 aromatic carbocycles. The molecule has 0 radical (unpaired) electrons.